The van der Waals surface area contributed by atoms with Crippen LogP contribution in [0.25, 0.3) is 0 Å². The van der Waals surface area contributed by atoms with Crippen molar-refractivity contribution in [2.75, 3.05) is 18.9 Å². The number of halogens is 4. The summed E-state index contributed by atoms with van der Waals surface area (Å²) in [5.74, 6) is 0. The molecule has 0 radical (unpaired) electrons. The lowest BCUT2D eigenvalue weighted by atomic mass is 10.2. The van der Waals surface area contributed by atoms with Crippen molar-refractivity contribution < 1.29 is 13.2 Å². The Morgan fingerprint density at radius 1 is 1.29 bits per heavy atom. The van der Waals surface area contributed by atoms with Gasteiger partial charge in [0.1, 0.15) is 0 Å². The summed E-state index contributed by atoms with van der Waals surface area (Å²) in [5.41, 5.74) is 0.249. The lowest BCUT2D eigenvalue weighted by Crippen LogP contribution is -2.33. The summed E-state index contributed by atoms with van der Waals surface area (Å²) in [6, 6.07) is 8.69. The quantitative estimate of drug-likeness (QED) is 0.791. The van der Waals surface area contributed by atoms with E-state index < -0.39 is 11.7 Å². The van der Waals surface area contributed by atoms with Crippen molar-refractivity contribution in [2.45, 2.75) is 12.6 Å². The zero-order valence-corrected chi connectivity index (χ0v) is 14.3. The Bertz CT molecular complexity index is 707. The van der Waals surface area contributed by atoms with Gasteiger partial charge in [-0.25, -0.2) is 0 Å². The van der Waals surface area contributed by atoms with E-state index in [-0.39, 0.29) is 15.8 Å². The molecule has 0 unspecified atom stereocenters. The standard InChI is InChI=1S/C16H15ClF3N3S/c1-23(9-7-12-4-2-3-8-21-12)15(24)22-14-10-11(16(18,19)20)5-6-13(14)17/h2-6,8,10H,7,9H2,1H3,(H,22,24). The van der Waals surface area contributed by atoms with Crippen LogP contribution in [0.15, 0.2) is 42.6 Å². The molecule has 3 nitrogen and oxygen atoms in total. The molecule has 8 heteroatoms. The van der Waals surface area contributed by atoms with Gasteiger partial charge in [-0.3, -0.25) is 4.98 Å². The summed E-state index contributed by atoms with van der Waals surface area (Å²) in [5, 5.41) is 3.22. The van der Waals surface area contributed by atoms with Crippen molar-refractivity contribution in [1.29, 1.82) is 0 Å². The largest absolute Gasteiger partial charge is 0.416 e. The van der Waals surface area contributed by atoms with E-state index >= 15 is 0 Å². The van der Waals surface area contributed by atoms with Crippen LogP contribution >= 0.6 is 23.8 Å². The minimum Gasteiger partial charge on any atom is -0.352 e. The number of rotatable bonds is 4. The molecule has 0 bridgehead atoms. The molecule has 0 aliphatic carbocycles. The Labute approximate surface area is 148 Å². The van der Waals surface area contributed by atoms with Crippen LogP contribution in [0, 0.1) is 0 Å². The molecule has 128 valence electrons. The van der Waals surface area contributed by atoms with Crippen molar-refractivity contribution in [3.8, 4) is 0 Å². The van der Waals surface area contributed by atoms with Gasteiger partial charge >= 0.3 is 6.18 Å². The fourth-order valence-corrected chi connectivity index (χ4v) is 2.30. The van der Waals surface area contributed by atoms with E-state index in [1.54, 1.807) is 18.1 Å². The maximum atomic E-state index is 12.8. The molecule has 0 aliphatic heterocycles. The van der Waals surface area contributed by atoms with Gasteiger partial charge in [-0.05, 0) is 42.5 Å². The Hall–Kier alpha value is -1.86. The minimum absolute atomic E-state index is 0.126. The number of anilines is 1. The smallest absolute Gasteiger partial charge is 0.352 e. The number of nitrogens with zero attached hydrogens (tertiary/aromatic N) is 2. The average molecular weight is 374 g/mol. The zero-order valence-electron chi connectivity index (χ0n) is 12.8. The van der Waals surface area contributed by atoms with Gasteiger partial charge in [-0.1, -0.05) is 17.7 Å². The predicted molar refractivity (Wildman–Crippen MR) is 93.2 cm³/mol. The van der Waals surface area contributed by atoms with Crippen molar-refractivity contribution in [3.05, 3.63) is 58.9 Å². The van der Waals surface area contributed by atoms with Gasteiger partial charge in [-0.2, -0.15) is 13.2 Å². The predicted octanol–water partition coefficient (Wildman–Crippen LogP) is 4.63. The third-order valence-electron chi connectivity index (χ3n) is 3.31. The first-order chi connectivity index (χ1) is 11.3. The van der Waals surface area contributed by atoms with E-state index in [1.165, 1.54) is 6.07 Å². The fourth-order valence-electron chi connectivity index (χ4n) is 1.94. The summed E-state index contributed by atoms with van der Waals surface area (Å²) in [4.78, 5) is 5.93. The van der Waals surface area contributed by atoms with Crippen LogP contribution in [0.3, 0.4) is 0 Å². The second-order valence-electron chi connectivity index (χ2n) is 5.12. The molecular weight excluding hydrogens is 359 g/mol. The van der Waals surface area contributed by atoms with Crippen LogP contribution < -0.4 is 5.32 Å². The number of nitrogens with one attached hydrogen (secondary N) is 1. The third-order valence-corrected chi connectivity index (χ3v) is 4.05. The van der Waals surface area contributed by atoms with Crippen molar-refractivity contribution in [3.63, 3.8) is 0 Å². The summed E-state index contributed by atoms with van der Waals surface area (Å²) in [6.07, 6.45) is -2.07. The van der Waals surface area contributed by atoms with Crippen LogP contribution in [-0.2, 0) is 12.6 Å². The molecule has 0 aliphatic rings. The third kappa shape index (κ3) is 5.07. The minimum atomic E-state index is -4.44. The molecule has 0 amide bonds. The van der Waals surface area contributed by atoms with Crippen molar-refractivity contribution in [2.24, 2.45) is 0 Å². The first-order valence-corrected chi connectivity index (χ1v) is 7.85. The second kappa shape index (κ2) is 7.81. The molecule has 2 rings (SSSR count). The molecule has 0 saturated heterocycles. The van der Waals surface area contributed by atoms with Crippen LogP contribution in [0.5, 0.6) is 0 Å². The normalized spacial score (nSPS) is 11.2. The Morgan fingerprint density at radius 2 is 2.04 bits per heavy atom. The summed E-state index contributed by atoms with van der Waals surface area (Å²) in [6.45, 7) is 0.569. The maximum Gasteiger partial charge on any atom is 0.416 e. The van der Waals surface area contributed by atoms with E-state index in [4.69, 9.17) is 23.8 Å². The molecule has 0 saturated carbocycles. The highest BCUT2D eigenvalue weighted by molar-refractivity contribution is 7.80. The molecule has 2 aromatic rings. The lowest BCUT2D eigenvalue weighted by Gasteiger charge is -2.22. The molecule has 1 aromatic heterocycles. The first kappa shape index (κ1) is 18.5. The van der Waals surface area contributed by atoms with Crippen LogP contribution in [0.2, 0.25) is 5.02 Å². The number of benzene rings is 1. The van der Waals surface area contributed by atoms with Crippen LogP contribution in [0.1, 0.15) is 11.3 Å². The monoisotopic (exact) mass is 373 g/mol. The number of likely N-dealkylation sites (N-methyl/N-ethyl adjacent to an activating group) is 1. The van der Waals surface area contributed by atoms with Gasteiger partial charge < -0.3 is 10.2 Å². The van der Waals surface area contributed by atoms with Gasteiger partial charge in [0.05, 0.1) is 16.3 Å². The molecule has 1 heterocycles. The Balaban J connectivity index is 2.01. The van der Waals surface area contributed by atoms with Gasteiger partial charge in [0.25, 0.3) is 0 Å². The Morgan fingerprint density at radius 3 is 2.67 bits per heavy atom. The number of aromatic nitrogens is 1. The van der Waals surface area contributed by atoms with E-state index in [2.05, 4.69) is 10.3 Å². The molecule has 0 fully saturated rings. The first-order valence-electron chi connectivity index (χ1n) is 7.06. The zero-order chi connectivity index (χ0) is 17.7. The van der Waals surface area contributed by atoms with Crippen LogP contribution in [-0.4, -0.2) is 28.6 Å². The van der Waals surface area contributed by atoms with Gasteiger partial charge in [0, 0.05) is 31.9 Å². The summed E-state index contributed by atoms with van der Waals surface area (Å²) in [7, 11) is 1.75. The van der Waals surface area contributed by atoms with Crippen molar-refractivity contribution in [1.82, 2.24) is 9.88 Å². The highest BCUT2D eigenvalue weighted by Crippen LogP contribution is 2.33. The topological polar surface area (TPSA) is 28.2 Å². The van der Waals surface area contributed by atoms with Crippen LogP contribution in [0.4, 0.5) is 18.9 Å². The SMILES string of the molecule is CN(CCc1ccccn1)C(=S)Nc1cc(C(F)(F)F)ccc1Cl. The molecule has 0 atom stereocenters. The van der Waals surface area contributed by atoms with Gasteiger partial charge in [0.2, 0.25) is 0 Å². The number of thiocarbonyl (C=S) groups is 1. The van der Waals surface area contributed by atoms with Gasteiger partial charge in [-0.15, -0.1) is 0 Å². The van der Waals surface area contributed by atoms with E-state index in [0.717, 1.165) is 17.8 Å². The lowest BCUT2D eigenvalue weighted by molar-refractivity contribution is -0.137. The summed E-state index contributed by atoms with van der Waals surface area (Å²) >= 11 is 11.2. The molecule has 0 spiro atoms. The molecular formula is C16H15ClF3N3S. The number of alkyl halides is 3. The fraction of sp³-hybridized carbons (Fsp3) is 0.250. The number of hydrogen-bond acceptors (Lipinski definition) is 2. The van der Waals surface area contributed by atoms with E-state index in [9.17, 15) is 13.2 Å². The van der Waals surface area contributed by atoms with E-state index in [0.29, 0.717) is 13.0 Å². The number of hydrogen-bond donors (Lipinski definition) is 1. The average Bonchev–Trinajstić information content (AvgIpc) is 2.54. The second-order valence-corrected chi connectivity index (χ2v) is 5.91. The maximum absolute atomic E-state index is 12.8. The molecule has 24 heavy (non-hydrogen) atoms. The Kier molecular flexibility index (Phi) is 6.01. The number of pyridine rings is 1. The summed E-state index contributed by atoms with van der Waals surface area (Å²) < 4.78 is 38.3. The van der Waals surface area contributed by atoms with Gasteiger partial charge in [0.15, 0.2) is 5.11 Å². The molecule has 1 N–H and O–H groups in total. The highest BCUT2D eigenvalue weighted by Gasteiger charge is 2.31. The molecule has 1 aromatic carbocycles. The van der Waals surface area contributed by atoms with E-state index in [1.807, 2.05) is 18.2 Å². The van der Waals surface area contributed by atoms with Crippen molar-refractivity contribution >= 4 is 34.6 Å². The highest BCUT2D eigenvalue weighted by atomic mass is 35.5.